The number of nitrogens with zero attached hydrogens (tertiary/aromatic N) is 3. The summed E-state index contributed by atoms with van der Waals surface area (Å²) in [5.74, 6) is 0. The van der Waals surface area contributed by atoms with E-state index in [2.05, 4.69) is 234 Å². The zero-order valence-corrected chi connectivity index (χ0v) is 32.7. The van der Waals surface area contributed by atoms with E-state index in [4.69, 9.17) is 4.98 Å². The fraction of sp³-hybridized carbons (Fsp3) is 0. The minimum Gasteiger partial charge on any atom is -0.309 e. The van der Waals surface area contributed by atoms with E-state index in [0.717, 1.165) is 45.0 Å². The van der Waals surface area contributed by atoms with Crippen molar-refractivity contribution in [1.29, 1.82) is 0 Å². The fourth-order valence-corrected chi connectivity index (χ4v) is 9.21. The van der Waals surface area contributed by atoms with Gasteiger partial charge in [-0.1, -0.05) is 164 Å². The highest BCUT2D eigenvalue weighted by Crippen LogP contribution is 2.39. The van der Waals surface area contributed by atoms with Crippen LogP contribution < -0.4 is 0 Å². The molecular formula is C57H37N3. The second kappa shape index (κ2) is 13.8. The smallest absolute Gasteiger partial charge is 0.0716 e. The third-order valence-electron chi connectivity index (χ3n) is 12.1. The maximum Gasteiger partial charge on any atom is 0.0716 e. The summed E-state index contributed by atoms with van der Waals surface area (Å²) >= 11 is 0. The average molecular weight is 764 g/mol. The van der Waals surface area contributed by atoms with E-state index in [1.807, 2.05) is 0 Å². The van der Waals surface area contributed by atoms with Gasteiger partial charge in [0.2, 0.25) is 0 Å². The molecule has 0 atom stereocenters. The van der Waals surface area contributed by atoms with Crippen molar-refractivity contribution in [2.24, 2.45) is 0 Å². The molecule has 0 unspecified atom stereocenters. The summed E-state index contributed by atoms with van der Waals surface area (Å²) in [6.45, 7) is 0. The van der Waals surface area contributed by atoms with E-state index in [1.165, 1.54) is 65.6 Å². The number of aromatic nitrogens is 3. The van der Waals surface area contributed by atoms with Gasteiger partial charge in [-0.25, -0.2) is 4.98 Å². The van der Waals surface area contributed by atoms with Gasteiger partial charge in [-0.05, 0) is 93.7 Å². The Balaban J connectivity index is 1.02. The van der Waals surface area contributed by atoms with Crippen LogP contribution in [0.4, 0.5) is 0 Å². The number of benzene rings is 9. The molecule has 0 aliphatic heterocycles. The quantitative estimate of drug-likeness (QED) is 0.165. The Bertz CT molecular complexity index is 3540. The molecule has 12 aromatic rings. The lowest BCUT2D eigenvalue weighted by atomic mass is 10.00. The molecule has 60 heavy (non-hydrogen) atoms. The topological polar surface area (TPSA) is 22.8 Å². The molecule has 0 aliphatic carbocycles. The maximum atomic E-state index is 5.27. The zero-order chi connectivity index (χ0) is 39.6. The van der Waals surface area contributed by atoms with E-state index >= 15 is 0 Å². The van der Waals surface area contributed by atoms with Crippen molar-refractivity contribution in [2.75, 3.05) is 0 Å². The molecule has 0 saturated carbocycles. The first-order valence-corrected chi connectivity index (χ1v) is 20.5. The molecule has 3 heterocycles. The molecular weight excluding hydrogens is 727 g/mol. The first kappa shape index (κ1) is 34.1. The summed E-state index contributed by atoms with van der Waals surface area (Å²) in [5, 5.41) is 7.42. The summed E-state index contributed by atoms with van der Waals surface area (Å²) in [7, 11) is 0. The van der Waals surface area contributed by atoms with Crippen LogP contribution in [-0.2, 0) is 0 Å². The van der Waals surface area contributed by atoms with Crippen LogP contribution in [0.1, 0.15) is 0 Å². The number of hydrogen-bond donors (Lipinski definition) is 0. The lowest BCUT2D eigenvalue weighted by Gasteiger charge is -2.13. The SMILES string of the molecule is c1ccc(-c2cc(-c3ccccc3)nc(-c3cccc(-n4c5ccccc5c5ccc(-c6ccc7c8ccccc8n(-c8ccc9ccccc9c8)c7c6)cc54)c3)c2)cc1. The number of rotatable bonds is 6. The predicted molar refractivity (Wildman–Crippen MR) is 252 cm³/mol. The summed E-state index contributed by atoms with van der Waals surface area (Å²) in [4.78, 5) is 5.27. The van der Waals surface area contributed by atoms with Crippen LogP contribution in [-0.4, -0.2) is 14.1 Å². The van der Waals surface area contributed by atoms with Crippen molar-refractivity contribution in [3.05, 3.63) is 224 Å². The maximum absolute atomic E-state index is 5.27. The summed E-state index contributed by atoms with van der Waals surface area (Å²) in [6, 6.07) is 81.1. The summed E-state index contributed by atoms with van der Waals surface area (Å²) in [5.41, 5.74) is 15.7. The van der Waals surface area contributed by atoms with Crippen LogP contribution in [0.2, 0.25) is 0 Å². The molecule has 280 valence electrons. The van der Waals surface area contributed by atoms with Gasteiger partial charge in [0.1, 0.15) is 0 Å². The monoisotopic (exact) mass is 763 g/mol. The molecule has 0 spiro atoms. The van der Waals surface area contributed by atoms with Gasteiger partial charge in [0.25, 0.3) is 0 Å². The Morgan fingerprint density at radius 3 is 1.40 bits per heavy atom. The highest BCUT2D eigenvalue weighted by Gasteiger charge is 2.17. The molecule has 0 bridgehead atoms. The van der Waals surface area contributed by atoms with E-state index < -0.39 is 0 Å². The fourth-order valence-electron chi connectivity index (χ4n) is 9.21. The third-order valence-corrected chi connectivity index (χ3v) is 12.1. The van der Waals surface area contributed by atoms with Crippen LogP contribution in [0.5, 0.6) is 0 Å². The average Bonchev–Trinajstić information content (AvgIpc) is 3.84. The van der Waals surface area contributed by atoms with E-state index in [1.54, 1.807) is 0 Å². The minimum atomic E-state index is 0.939. The third kappa shape index (κ3) is 5.63. The van der Waals surface area contributed by atoms with Crippen LogP contribution in [0.3, 0.4) is 0 Å². The molecule has 0 N–H and O–H groups in total. The largest absolute Gasteiger partial charge is 0.309 e. The van der Waals surface area contributed by atoms with Gasteiger partial charge < -0.3 is 9.13 Å². The molecule has 3 aromatic heterocycles. The second-order valence-corrected chi connectivity index (χ2v) is 15.6. The Kier molecular flexibility index (Phi) is 7.85. The predicted octanol–water partition coefficient (Wildman–Crippen LogP) is 15.1. The molecule has 9 aromatic carbocycles. The number of para-hydroxylation sites is 2. The van der Waals surface area contributed by atoms with Crippen molar-refractivity contribution >= 4 is 54.4 Å². The Labute approximate surface area is 347 Å². The van der Waals surface area contributed by atoms with Crippen molar-refractivity contribution in [1.82, 2.24) is 14.1 Å². The summed E-state index contributed by atoms with van der Waals surface area (Å²) in [6.07, 6.45) is 0. The number of hydrogen-bond acceptors (Lipinski definition) is 1. The normalized spacial score (nSPS) is 11.7. The van der Waals surface area contributed by atoms with Crippen molar-refractivity contribution in [3.8, 4) is 56.1 Å². The van der Waals surface area contributed by atoms with E-state index in [0.29, 0.717) is 0 Å². The lowest BCUT2D eigenvalue weighted by Crippen LogP contribution is -1.96. The first-order chi connectivity index (χ1) is 29.7. The molecule has 0 fully saturated rings. The van der Waals surface area contributed by atoms with Gasteiger partial charge >= 0.3 is 0 Å². The molecule has 3 heteroatoms. The van der Waals surface area contributed by atoms with Crippen molar-refractivity contribution < 1.29 is 0 Å². The molecule has 0 saturated heterocycles. The second-order valence-electron chi connectivity index (χ2n) is 15.6. The van der Waals surface area contributed by atoms with Gasteiger partial charge in [0.05, 0.1) is 33.5 Å². The lowest BCUT2D eigenvalue weighted by molar-refractivity contribution is 1.18. The van der Waals surface area contributed by atoms with Crippen molar-refractivity contribution in [3.63, 3.8) is 0 Å². The molecule has 3 nitrogen and oxygen atoms in total. The van der Waals surface area contributed by atoms with Crippen LogP contribution in [0.25, 0.3) is 111 Å². The van der Waals surface area contributed by atoms with E-state index in [9.17, 15) is 0 Å². The highest BCUT2D eigenvalue weighted by atomic mass is 15.0. The highest BCUT2D eigenvalue weighted by molar-refractivity contribution is 6.12. The number of pyridine rings is 1. The Morgan fingerprint density at radius 1 is 0.250 bits per heavy atom. The van der Waals surface area contributed by atoms with Gasteiger partial charge in [0.15, 0.2) is 0 Å². The van der Waals surface area contributed by atoms with Crippen molar-refractivity contribution in [2.45, 2.75) is 0 Å². The molecule has 12 rings (SSSR count). The molecule has 0 amide bonds. The Morgan fingerprint density at radius 2 is 0.750 bits per heavy atom. The van der Waals surface area contributed by atoms with Crippen LogP contribution in [0, 0.1) is 0 Å². The van der Waals surface area contributed by atoms with E-state index in [-0.39, 0.29) is 0 Å². The molecule has 0 aliphatic rings. The van der Waals surface area contributed by atoms with Gasteiger partial charge in [-0.2, -0.15) is 0 Å². The van der Waals surface area contributed by atoms with Crippen LogP contribution in [0.15, 0.2) is 224 Å². The Hall–Kier alpha value is -8.01. The zero-order valence-electron chi connectivity index (χ0n) is 32.7. The molecule has 0 radical (unpaired) electrons. The van der Waals surface area contributed by atoms with Gasteiger partial charge in [-0.15, -0.1) is 0 Å². The number of fused-ring (bicyclic) bond motifs is 7. The van der Waals surface area contributed by atoms with Gasteiger partial charge in [0, 0.05) is 44.0 Å². The minimum absolute atomic E-state index is 0.939. The van der Waals surface area contributed by atoms with Gasteiger partial charge in [-0.3, -0.25) is 0 Å². The van der Waals surface area contributed by atoms with Crippen LogP contribution >= 0.6 is 0 Å². The standard InChI is InChI=1S/C57H37N3/c1-3-14-38(15-4-1)45-34-52(40-17-5-2-6-18-40)58-53(35-45)44-20-13-21-46(33-44)59-54-24-11-9-22-48(54)50-30-27-42(36-56(50)59)43-28-31-51-49-23-10-12-25-55(49)60(57(51)37-43)47-29-26-39-16-7-8-19-41(39)32-47/h1-37H. The first-order valence-electron chi connectivity index (χ1n) is 20.5. The summed E-state index contributed by atoms with van der Waals surface area (Å²) < 4.78 is 4.84.